The number of benzene rings is 1. The van der Waals surface area contributed by atoms with Gasteiger partial charge in [0.05, 0.1) is 14.2 Å². The van der Waals surface area contributed by atoms with Crippen LogP contribution in [-0.2, 0) is 6.61 Å². The van der Waals surface area contributed by atoms with E-state index in [-0.39, 0.29) is 6.61 Å². The maximum atomic E-state index is 9.00. The van der Waals surface area contributed by atoms with E-state index in [1.165, 1.54) is 0 Å². The van der Waals surface area contributed by atoms with Crippen LogP contribution in [-0.4, -0.2) is 19.2 Å². The molecule has 0 saturated heterocycles. The molecule has 0 saturated carbocycles. The minimum Gasteiger partial charge on any atom is -0.493 e. The van der Waals surface area contributed by atoms with E-state index >= 15 is 0 Å². The Morgan fingerprint density at radius 3 is 2.40 bits per heavy atom. The van der Waals surface area contributed by atoms with Gasteiger partial charge in [0.25, 0.3) is 0 Å². The van der Waals surface area contributed by atoms with Gasteiger partial charge in [-0.3, -0.25) is 0 Å². The zero-order chi connectivity index (χ0) is 14.4. The molecule has 0 spiro atoms. The number of methoxy groups -OCH3 is 2. The maximum Gasteiger partial charge on any atom is 0.203 e. The summed E-state index contributed by atoms with van der Waals surface area (Å²) in [7, 11) is 3.12. The highest BCUT2D eigenvalue weighted by Crippen LogP contribution is 2.37. The number of hydrogen-bond donors (Lipinski definition) is 0. The molecule has 5 nitrogen and oxygen atoms in total. The SMILES string of the molecule is COc1cccc(OC)c1OCc1cccnc1C#N. The summed E-state index contributed by atoms with van der Waals surface area (Å²) in [6.45, 7) is 0.216. The van der Waals surface area contributed by atoms with Crippen molar-refractivity contribution in [2.24, 2.45) is 0 Å². The Kier molecular flexibility index (Phi) is 4.40. The monoisotopic (exact) mass is 270 g/mol. The van der Waals surface area contributed by atoms with E-state index in [1.807, 2.05) is 12.1 Å². The number of rotatable bonds is 5. The molecule has 0 N–H and O–H groups in total. The molecule has 0 aliphatic heterocycles. The van der Waals surface area contributed by atoms with Crippen LogP contribution in [0.5, 0.6) is 17.2 Å². The molecule has 1 heterocycles. The predicted molar refractivity (Wildman–Crippen MR) is 72.8 cm³/mol. The molecule has 0 amide bonds. The number of nitriles is 1. The third kappa shape index (κ3) is 2.81. The van der Waals surface area contributed by atoms with Gasteiger partial charge in [-0.25, -0.2) is 4.98 Å². The lowest BCUT2D eigenvalue weighted by Crippen LogP contribution is -2.02. The summed E-state index contributed by atoms with van der Waals surface area (Å²) in [5.41, 5.74) is 1.06. The smallest absolute Gasteiger partial charge is 0.203 e. The minimum absolute atomic E-state index is 0.216. The molecule has 0 fully saturated rings. The van der Waals surface area contributed by atoms with Crippen LogP contribution in [0.25, 0.3) is 0 Å². The lowest BCUT2D eigenvalue weighted by Gasteiger charge is -2.14. The summed E-state index contributed by atoms with van der Waals surface area (Å²) in [5, 5.41) is 9.00. The topological polar surface area (TPSA) is 64.4 Å². The number of para-hydroxylation sites is 1. The van der Waals surface area contributed by atoms with Crippen LogP contribution in [0, 0.1) is 11.3 Å². The molecule has 0 unspecified atom stereocenters. The van der Waals surface area contributed by atoms with E-state index in [0.29, 0.717) is 28.5 Å². The Morgan fingerprint density at radius 1 is 1.10 bits per heavy atom. The fourth-order valence-corrected chi connectivity index (χ4v) is 1.77. The highest BCUT2D eigenvalue weighted by atomic mass is 16.5. The molecule has 2 rings (SSSR count). The average Bonchev–Trinajstić information content (AvgIpc) is 2.52. The normalized spacial score (nSPS) is 9.65. The van der Waals surface area contributed by atoms with E-state index in [0.717, 1.165) is 0 Å². The van der Waals surface area contributed by atoms with Gasteiger partial charge in [-0.2, -0.15) is 5.26 Å². The summed E-state index contributed by atoms with van der Waals surface area (Å²) >= 11 is 0. The van der Waals surface area contributed by atoms with Gasteiger partial charge >= 0.3 is 0 Å². The van der Waals surface area contributed by atoms with Crippen molar-refractivity contribution < 1.29 is 14.2 Å². The van der Waals surface area contributed by atoms with Gasteiger partial charge in [0.15, 0.2) is 11.5 Å². The quantitative estimate of drug-likeness (QED) is 0.835. The first kappa shape index (κ1) is 13.7. The van der Waals surface area contributed by atoms with E-state index in [4.69, 9.17) is 19.5 Å². The van der Waals surface area contributed by atoms with E-state index in [2.05, 4.69) is 4.98 Å². The number of ether oxygens (including phenoxy) is 3. The molecule has 2 aromatic rings. The van der Waals surface area contributed by atoms with Crippen molar-refractivity contribution in [3.05, 3.63) is 47.8 Å². The van der Waals surface area contributed by atoms with Crippen LogP contribution < -0.4 is 14.2 Å². The van der Waals surface area contributed by atoms with Gasteiger partial charge in [0.2, 0.25) is 5.75 Å². The third-order valence-corrected chi connectivity index (χ3v) is 2.75. The second-order valence-electron chi connectivity index (χ2n) is 3.90. The van der Waals surface area contributed by atoms with E-state index in [1.54, 1.807) is 44.7 Å². The summed E-state index contributed by atoms with van der Waals surface area (Å²) in [6, 6.07) is 11.0. The Bertz CT molecular complexity index is 613. The van der Waals surface area contributed by atoms with Crippen molar-refractivity contribution in [3.63, 3.8) is 0 Å². The van der Waals surface area contributed by atoms with E-state index < -0.39 is 0 Å². The molecule has 20 heavy (non-hydrogen) atoms. The van der Waals surface area contributed by atoms with Gasteiger partial charge < -0.3 is 14.2 Å². The highest BCUT2D eigenvalue weighted by molar-refractivity contribution is 5.51. The van der Waals surface area contributed by atoms with Gasteiger partial charge in [-0.15, -0.1) is 0 Å². The Hall–Kier alpha value is -2.74. The number of nitrogens with zero attached hydrogens (tertiary/aromatic N) is 2. The standard InChI is InChI=1S/C15H14N2O3/c1-18-13-6-3-7-14(19-2)15(13)20-10-11-5-4-8-17-12(11)9-16/h3-8H,10H2,1-2H3. The summed E-state index contributed by atoms with van der Waals surface area (Å²) in [6.07, 6.45) is 1.58. The molecule has 0 aliphatic rings. The molecule has 0 atom stereocenters. The zero-order valence-electron chi connectivity index (χ0n) is 11.3. The number of aromatic nitrogens is 1. The predicted octanol–water partition coefficient (Wildman–Crippen LogP) is 2.55. The van der Waals surface area contributed by atoms with Crippen LogP contribution in [0.1, 0.15) is 11.3 Å². The fourth-order valence-electron chi connectivity index (χ4n) is 1.77. The first-order valence-corrected chi connectivity index (χ1v) is 5.98. The molecular weight excluding hydrogens is 256 g/mol. The van der Waals surface area contributed by atoms with Crippen LogP contribution >= 0.6 is 0 Å². The maximum absolute atomic E-state index is 9.00. The average molecular weight is 270 g/mol. The molecule has 102 valence electrons. The lowest BCUT2D eigenvalue weighted by molar-refractivity contribution is 0.265. The molecule has 5 heteroatoms. The third-order valence-electron chi connectivity index (χ3n) is 2.75. The van der Waals surface area contributed by atoms with Crippen molar-refractivity contribution in [1.82, 2.24) is 4.98 Å². The Labute approximate surface area is 117 Å². The fraction of sp³-hybridized carbons (Fsp3) is 0.200. The second kappa shape index (κ2) is 6.43. The zero-order valence-corrected chi connectivity index (χ0v) is 11.3. The minimum atomic E-state index is 0.216. The van der Waals surface area contributed by atoms with Gasteiger partial charge in [-0.1, -0.05) is 12.1 Å². The molecule has 1 aromatic heterocycles. The summed E-state index contributed by atoms with van der Waals surface area (Å²) in [4.78, 5) is 3.99. The van der Waals surface area contributed by atoms with Crippen LogP contribution in [0.3, 0.4) is 0 Å². The van der Waals surface area contributed by atoms with Gasteiger partial charge in [0.1, 0.15) is 18.4 Å². The molecule has 0 radical (unpaired) electrons. The Morgan fingerprint density at radius 2 is 1.80 bits per heavy atom. The van der Waals surface area contributed by atoms with Crippen LogP contribution in [0.15, 0.2) is 36.5 Å². The lowest BCUT2D eigenvalue weighted by atomic mass is 10.2. The van der Waals surface area contributed by atoms with Crippen molar-refractivity contribution in [2.75, 3.05) is 14.2 Å². The summed E-state index contributed by atoms with van der Waals surface area (Å²) < 4.78 is 16.2. The van der Waals surface area contributed by atoms with Crippen LogP contribution in [0.2, 0.25) is 0 Å². The van der Waals surface area contributed by atoms with Crippen LogP contribution in [0.4, 0.5) is 0 Å². The first-order valence-electron chi connectivity index (χ1n) is 5.98. The number of hydrogen-bond acceptors (Lipinski definition) is 5. The Balaban J connectivity index is 2.25. The molecular formula is C15H14N2O3. The molecule has 0 aliphatic carbocycles. The second-order valence-corrected chi connectivity index (χ2v) is 3.90. The van der Waals surface area contributed by atoms with Crippen molar-refractivity contribution in [3.8, 4) is 23.3 Å². The van der Waals surface area contributed by atoms with Gasteiger partial charge in [-0.05, 0) is 18.2 Å². The van der Waals surface area contributed by atoms with Gasteiger partial charge in [0, 0.05) is 11.8 Å². The largest absolute Gasteiger partial charge is 0.493 e. The first-order chi connectivity index (χ1) is 9.80. The van der Waals surface area contributed by atoms with E-state index in [9.17, 15) is 0 Å². The molecule has 0 bridgehead atoms. The highest BCUT2D eigenvalue weighted by Gasteiger charge is 2.12. The van der Waals surface area contributed by atoms with Crippen molar-refractivity contribution in [1.29, 1.82) is 5.26 Å². The van der Waals surface area contributed by atoms with Crippen molar-refractivity contribution in [2.45, 2.75) is 6.61 Å². The molecule has 1 aromatic carbocycles. The number of pyridine rings is 1. The summed E-state index contributed by atoms with van der Waals surface area (Å²) in [5.74, 6) is 1.66. The van der Waals surface area contributed by atoms with Crippen molar-refractivity contribution >= 4 is 0 Å².